The number of halogens is 1. The molecule has 0 saturated heterocycles. The van der Waals surface area contributed by atoms with Gasteiger partial charge in [0.15, 0.2) is 0 Å². The molecule has 1 aromatic rings. The van der Waals surface area contributed by atoms with Gasteiger partial charge in [0.25, 0.3) is 0 Å². The van der Waals surface area contributed by atoms with Crippen LogP contribution in [0.5, 0.6) is 0 Å². The third-order valence-electron chi connectivity index (χ3n) is 2.05. The summed E-state index contributed by atoms with van der Waals surface area (Å²) in [4.78, 5) is 1.35. The molecule has 0 aliphatic heterocycles. The molecule has 0 aliphatic carbocycles. The van der Waals surface area contributed by atoms with Crippen LogP contribution in [0.3, 0.4) is 0 Å². The summed E-state index contributed by atoms with van der Waals surface area (Å²) in [5.74, 6) is 0. The van der Waals surface area contributed by atoms with Crippen LogP contribution in [-0.4, -0.2) is 19.8 Å². The van der Waals surface area contributed by atoms with Crippen molar-refractivity contribution in [3.8, 4) is 0 Å². The first-order valence-corrected chi connectivity index (χ1v) is 6.33. The predicted molar refractivity (Wildman–Crippen MR) is 64.8 cm³/mol. The molecule has 1 N–H and O–H groups in total. The van der Waals surface area contributed by atoms with Gasteiger partial charge in [0.2, 0.25) is 0 Å². The Kier molecular flexibility index (Phi) is 5.70. The van der Waals surface area contributed by atoms with Gasteiger partial charge in [-0.2, -0.15) is 0 Å². The monoisotopic (exact) mass is 277 g/mol. The molecule has 4 heteroatoms. The van der Waals surface area contributed by atoms with Crippen LogP contribution in [0.2, 0.25) is 0 Å². The summed E-state index contributed by atoms with van der Waals surface area (Å²) in [7, 11) is 1.74. The lowest BCUT2D eigenvalue weighted by Crippen LogP contribution is -2.31. The average Bonchev–Trinajstić information content (AvgIpc) is 2.59. The molecular formula is C10H16BrNOS. The number of methoxy groups -OCH3 is 1. The molecule has 0 aromatic carbocycles. The summed E-state index contributed by atoms with van der Waals surface area (Å²) >= 11 is 5.22. The highest BCUT2D eigenvalue weighted by atomic mass is 79.9. The molecule has 80 valence electrons. The van der Waals surface area contributed by atoms with Gasteiger partial charge in [0.1, 0.15) is 0 Å². The van der Waals surface area contributed by atoms with Crippen molar-refractivity contribution in [1.82, 2.24) is 5.32 Å². The van der Waals surface area contributed by atoms with Crippen LogP contribution in [0.25, 0.3) is 0 Å². The molecule has 14 heavy (non-hydrogen) atoms. The van der Waals surface area contributed by atoms with Crippen molar-refractivity contribution in [2.24, 2.45) is 0 Å². The lowest BCUT2D eigenvalue weighted by atomic mass is 10.2. The highest BCUT2D eigenvalue weighted by molar-refractivity contribution is 9.11. The van der Waals surface area contributed by atoms with E-state index in [2.05, 4.69) is 40.3 Å². The number of ether oxygens (including phenoxy) is 1. The zero-order chi connectivity index (χ0) is 10.4. The SMILES string of the molecule is CCC(COC)NCc1ccc(Br)s1. The fourth-order valence-corrected chi connectivity index (χ4v) is 2.65. The Labute approximate surface area is 97.8 Å². The second-order valence-corrected chi connectivity index (χ2v) is 5.69. The highest BCUT2D eigenvalue weighted by Crippen LogP contribution is 2.21. The van der Waals surface area contributed by atoms with Gasteiger partial charge in [0.05, 0.1) is 10.4 Å². The van der Waals surface area contributed by atoms with Crippen LogP contribution >= 0.6 is 27.3 Å². The van der Waals surface area contributed by atoms with Gasteiger partial charge in [-0.3, -0.25) is 0 Å². The van der Waals surface area contributed by atoms with Crippen molar-refractivity contribution in [1.29, 1.82) is 0 Å². The zero-order valence-electron chi connectivity index (χ0n) is 8.55. The normalized spacial score (nSPS) is 13.1. The Bertz CT molecular complexity index is 264. The molecule has 1 heterocycles. The molecule has 2 nitrogen and oxygen atoms in total. The Balaban J connectivity index is 2.31. The third-order valence-corrected chi connectivity index (χ3v) is 3.68. The van der Waals surface area contributed by atoms with Crippen molar-refractivity contribution >= 4 is 27.3 Å². The van der Waals surface area contributed by atoms with E-state index >= 15 is 0 Å². The average molecular weight is 278 g/mol. The molecule has 1 aromatic heterocycles. The Morgan fingerprint density at radius 2 is 2.36 bits per heavy atom. The summed E-state index contributed by atoms with van der Waals surface area (Å²) in [5.41, 5.74) is 0. The van der Waals surface area contributed by atoms with Crippen molar-refractivity contribution in [2.45, 2.75) is 25.9 Å². The van der Waals surface area contributed by atoms with E-state index in [4.69, 9.17) is 4.74 Å². The topological polar surface area (TPSA) is 21.3 Å². The summed E-state index contributed by atoms with van der Waals surface area (Å²) in [6.45, 7) is 3.88. The lowest BCUT2D eigenvalue weighted by molar-refractivity contribution is 0.164. The summed E-state index contributed by atoms with van der Waals surface area (Å²) in [6.07, 6.45) is 1.10. The first-order chi connectivity index (χ1) is 6.76. The smallest absolute Gasteiger partial charge is 0.0701 e. The second kappa shape index (κ2) is 6.56. The van der Waals surface area contributed by atoms with Gasteiger partial charge in [-0.25, -0.2) is 0 Å². The molecule has 1 atom stereocenters. The van der Waals surface area contributed by atoms with E-state index in [0.717, 1.165) is 19.6 Å². The Hall–Kier alpha value is 0.1000. The third kappa shape index (κ3) is 4.09. The van der Waals surface area contributed by atoms with Crippen molar-refractivity contribution in [2.75, 3.05) is 13.7 Å². The van der Waals surface area contributed by atoms with Crippen LogP contribution in [-0.2, 0) is 11.3 Å². The lowest BCUT2D eigenvalue weighted by Gasteiger charge is -2.14. The molecule has 1 rings (SSSR count). The molecule has 0 spiro atoms. The van der Waals surface area contributed by atoms with E-state index in [1.807, 2.05) is 0 Å². The molecule has 0 fully saturated rings. The number of nitrogens with one attached hydrogen (secondary N) is 1. The van der Waals surface area contributed by atoms with Gasteiger partial charge in [-0.15, -0.1) is 11.3 Å². The first-order valence-electron chi connectivity index (χ1n) is 4.72. The van der Waals surface area contributed by atoms with E-state index in [9.17, 15) is 0 Å². The van der Waals surface area contributed by atoms with Gasteiger partial charge in [0, 0.05) is 24.6 Å². The molecule has 0 saturated carbocycles. The molecule has 0 amide bonds. The maximum Gasteiger partial charge on any atom is 0.0701 e. The van der Waals surface area contributed by atoms with Gasteiger partial charge in [-0.05, 0) is 34.5 Å². The maximum atomic E-state index is 5.12. The molecule has 0 radical (unpaired) electrons. The van der Waals surface area contributed by atoms with Crippen LogP contribution in [0, 0.1) is 0 Å². The van der Waals surface area contributed by atoms with E-state index < -0.39 is 0 Å². The number of hydrogen-bond donors (Lipinski definition) is 1. The molecule has 0 aliphatic rings. The van der Waals surface area contributed by atoms with E-state index in [0.29, 0.717) is 6.04 Å². The molecule has 1 unspecified atom stereocenters. The molecular weight excluding hydrogens is 262 g/mol. The highest BCUT2D eigenvalue weighted by Gasteiger charge is 2.05. The van der Waals surface area contributed by atoms with Crippen LogP contribution in [0.1, 0.15) is 18.2 Å². The Morgan fingerprint density at radius 1 is 1.57 bits per heavy atom. The maximum absolute atomic E-state index is 5.12. The summed E-state index contributed by atoms with van der Waals surface area (Å²) < 4.78 is 6.31. The second-order valence-electron chi connectivity index (χ2n) is 3.15. The van der Waals surface area contributed by atoms with E-state index in [-0.39, 0.29) is 0 Å². The minimum atomic E-state index is 0.459. The summed E-state index contributed by atoms with van der Waals surface area (Å²) in [6, 6.07) is 4.68. The first kappa shape index (κ1) is 12.2. The fourth-order valence-electron chi connectivity index (χ4n) is 1.21. The van der Waals surface area contributed by atoms with Crippen LogP contribution < -0.4 is 5.32 Å². The fraction of sp³-hybridized carbons (Fsp3) is 0.600. The van der Waals surface area contributed by atoms with Crippen LogP contribution in [0.15, 0.2) is 15.9 Å². The van der Waals surface area contributed by atoms with Crippen LogP contribution in [0.4, 0.5) is 0 Å². The zero-order valence-corrected chi connectivity index (χ0v) is 11.0. The van der Waals surface area contributed by atoms with E-state index in [1.54, 1.807) is 18.4 Å². The van der Waals surface area contributed by atoms with Crippen molar-refractivity contribution < 1.29 is 4.74 Å². The minimum absolute atomic E-state index is 0.459. The minimum Gasteiger partial charge on any atom is -0.383 e. The number of thiophene rings is 1. The largest absolute Gasteiger partial charge is 0.383 e. The predicted octanol–water partition coefficient (Wildman–Crippen LogP) is 3.03. The molecule has 0 bridgehead atoms. The van der Waals surface area contributed by atoms with E-state index in [1.165, 1.54) is 8.66 Å². The van der Waals surface area contributed by atoms with Crippen molar-refractivity contribution in [3.63, 3.8) is 0 Å². The number of rotatable bonds is 6. The number of hydrogen-bond acceptors (Lipinski definition) is 3. The summed E-state index contributed by atoms with van der Waals surface area (Å²) in [5, 5.41) is 3.46. The van der Waals surface area contributed by atoms with Gasteiger partial charge in [-0.1, -0.05) is 6.92 Å². The van der Waals surface area contributed by atoms with Gasteiger partial charge >= 0.3 is 0 Å². The Morgan fingerprint density at radius 3 is 2.86 bits per heavy atom. The standard InChI is InChI=1S/C10H16BrNOS/c1-3-8(7-13-2)12-6-9-4-5-10(11)14-9/h4-5,8,12H,3,6-7H2,1-2H3. The van der Waals surface area contributed by atoms with Gasteiger partial charge < -0.3 is 10.1 Å². The quantitative estimate of drug-likeness (QED) is 0.863. The van der Waals surface area contributed by atoms with Crippen molar-refractivity contribution in [3.05, 3.63) is 20.8 Å².